The average Bonchev–Trinajstić information content (AvgIpc) is 2.85. The van der Waals surface area contributed by atoms with Gasteiger partial charge in [0.15, 0.2) is 0 Å². The lowest BCUT2D eigenvalue weighted by atomic mass is 9.78. The summed E-state index contributed by atoms with van der Waals surface area (Å²) in [6.45, 7) is 4.29. The second-order valence-corrected chi connectivity index (χ2v) is 9.67. The molecule has 0 heterocycles. The lowest BCUT2D eigenvalue weighted by molar-refractivity contribution is 0.298. The fraction of sp³-hybridized carbons (Fsp3) is 0.143. The highest BCUT2D eigenvalue weighted by Crippen LogP contribution is 2.50. The maximum Gasteiger partial charge on any atom is 0.647 e. The SMILES string of the molecule is COc1ccc(C(C)(C)c2ccc(OP(=O)(Oc3ccccc3)Oc3ccccc3)cc2)cc1. The minimum Gasteiger partial charge on any atom is -0.497 e. The van der Waals surface area contributed by atoms with Crippen molar-refractivity contribution in [3.05, 3.63) is 120 Å². The van der Waals surface area contributed by atoms with Crippen LogP contribution in [0.3, 0.4) is 0 Å². The number of benzene rings is 4. The predicted octanol–water partition coefficient (Wildman–Crippen LogP) is 7.67. The quantitative estimate of drug-likeness (QED) is 0.233. The molecule has 0 aromatic heterocycles. The third kappa shape index (κ3) is 5.62. The van der Waals surface area contributed by atoms with Crippen molar-refractivity contribution in [3.8, 4) is 23.0 Å². The molecule has 0 aliphatic heterocycles. The van der Waals surface area contributed by atoms with E-state index in [9.17, 15) is 4.57 Å². The largest absolute Gasteiger partial charge is 0.647 e. The summed E-state index contributed by atoms with van der Waals surface area (Å²) < 4.78 is 36.1. The molecule has 0 aliphatic rings. The van der Waals surface area contributed by atoms with Gasteiger partial charge >= 0.3 is 7.82 Å². The highest BCUT2D eigenvalue weighted by Gasteiger charge is 2.33. The third-order valence-corrected chi connectivity index (χ3v) is 6.83. The Balaban J connectivity index is 1.57. The zero-order valence-electron chi connectivity index (χ0n) is 19.4. The van der Waals surface area contributed by atoms with Crippen molar-refractivity contribution in [1.82, 2.24) is 0 Å². The lowest BCUT2D eigenvalue weighted by Gasteiger charge is -2.26. The van der Waals surface area contributed by atoms with Gasteiger partial charge in [-0.05, 0) is 59.7 Å². The zero-order chi connectivity index (χ0) is 24.0. The normalized spacial score (nSPS) is 11.5. The van der Waals surface area contributed by atoms with Gasteiger partial charge in [-0.3, -0.25) is 0 Å². The maximum absolute atomic E-state index is 13.6. The number of hydrogen-bond acceptors (Lipinski definition) is 5. The van der Waals surface area contributed by atoms with Crippen LogP contribution in [0.4, 0.5) is 0 Å². The van der Waals surface area contributed by atoms with Crippen LogP contribution in [0.1, 0.15) is 25.0 Å². The monoisotopic (exact) mass is 474 g/mol. The van der Waals surface area contributed by atoms with Crippen LogP contribution >= 0.6 is 7.82 Å². The van der Waals surface area contributed by atoms with Crippen LogP contribution in [0.2, 0.25) is 0 Å². The molecule has 0 spiro atoms. The van der Waals surface area contributed by atoms with E-state index in [4.69, 9.17) is 18.3 Å². The van der Waals surface area contributed by atoms with Gasteiger partial charge in [-0.25, -0.2) is 0 Å². The summed E-state index contributed by atoms with van der Waals surface area (Å²) in [4.78, 5) is 0. The van der Waals surface area contributed by atoms with E-state index in [1.807, 2.05) is 36.4 Å². The van der Waals surface area contributed by atoms with E-state index in [1.54, 1.807) is 67.8 Å². The molecule has 0 fully saturated rings. The molecule has 4 rings (SSSR count). The van der Waals surface area contributed by atoms with Crippen molar-refractivity contribution in [2.24, 2.45) is 0 Å². The van der Waals surface area contributed by atoms with Gasteiger partial charge in [0.05, 0.1) is 7.11 Å². The molecule has 174 valence electrons. The molecule has 0 atom stereocenters. The van der Waals surface area contributed by atoms with Crippen LogP contribution in [0.5, 0.6) is 23.0 Å². The van der Waals surface area contributed by atoms with E-state index in [0.29, 0.717) is 17.2 Å². The first-order valence-corrected chi connectivity index (χ1v) is 12.4. The van der Waals surface area contributed by atoms with Gasteiger partial charge in [0.25, 0.3) is 0 Å². The van der Waals surface area contributed by atoms with Crippen LogP contribution in [-0.2, 0) is 9.98 Å². The summed E-state index contributed by atoms with van der Waals surface area (Å²) in [7, 11) is -2.37. The first-order valence-electron chi connectivity index (χ1n) is 10.9. The topological polar surface area (TPSA) is 54.0 Å². The smallest absolute Gasteiger partial charge is 0.497 e. The van der Waals surface area contributed by atoms with Crippen LogP contribution < -0.4 is 18.3 Å². The fourth-order valence-corrected chi connectivity index (χ4v) is 4.76. The van der Waals surface area contributed by atoms with E-state index >= 15 is 0 Å². The Bertz CT molecular complexity index is 1190. The van der Waals surface area contributed by atoms with Crippen molar-refractivity contribution in [2.75, 3.05) is 7.11 Å². The number of hydrogen-bond donors (Lipinski definition) is 0. The second kappa shape index (κ2) is 10.1. The molecular weight excluding hydrogens is 447 g/mol. The van der Waals surface area contributed by atoms with Gasteiger partial charge in [-0.15, -0.1) is 0 Å². The second-order valence-electron chi connectivity index (χ2n) is 8.23. The van der Waals surface area contributed by atoms with Crippen molar-refractivity contribution < 1.29 is 22.9 Å². The molecule has 0 saturated heterocycles. The van der Waals surface area contributed by atoms with E-state index in [2.05, 4.69) is 26.0 Å². The number of phosphoric acid groups is 1. The van der Waals surface area contributed by atoms with Gasteiger partial charge < -0.3 is 18.3 Å². The van der Waals surface area contributed by atoms with Gasteiger partial charge in [-0.1, -0.05) is 74.5 Å². The minimum atomic E-state index is -4.02. The Kier molecular flexibility index (Phi) is 6.95. The summed E-state index contributed by atoms with van der Waals surface area (Å²) in [6.07, 6.45) is 0. The fourth-order valence-electron chi connectivity index (χ4n) is 3.51. The molecule has 6 heteroatoms. The van der Waals surface area contributed by atoms with Gasteiger partial charge in [0.1, 0.15) is 23.0 Å². The molecule has 0 aliphatic carbocycles. The Morgan fingerprint density at radius 2 is 0.882 bits per heavy atom. The molecule has 0 saturated carbocycles. The van der Waals surface area contributed by atoms with E-state index in [1.165, 1.54) is 0 Å². The number of ether oxygens (including phenoxy) is 1. The third-order valence-electron chi connectivity index (χ3n) is 5.53. The van der Waals surface area contributed by atoms with Crippen LogP contribution in [0.25, 0.3) is 0 Å². The molecular formula is C28H27O5P. The molecule has 5 nitrogen and oxygen atoms in total. The first kappa shape index (κ1) is 23.5. The standard InChI is InChI=1S/C28H27O5P/c1-28(2,22-14-18-24(30-3)19-15-22)23-16-20-27(21-17-23)33-34(29,31-25-10-6-4-7-11-25)32-26-12-8-5-9-13-26/h4-21H,1-3H3. The number of rotatable bonds is 9. The van der Waals surface area contributed by atoms with Crippen molar-refractivity contribution >= 4 is 7.82 Å². The Labute approximate surface area is 200 Å². The van der Waals surface area contributed by atoms with Crippen LogP contribution in [0.15, 0.2) is 109 Å². The van der Waals surface area contributed by atoms with Gasteiger partial charge in [-0.2, -0.15) is 4.57 Å². The van der Waals surface area contributed by atoms with Crippen molar-refractivity contribution in [3.63, 3.8) is 0 Å². The molecule has 34 heavy (non-hydrogen) atoms. The van der Waals surface area contributed by atoms with Crippen LogP contribution in [0, 0.1) is 0 Å². The molecule has 0 amide bonds. The number of phosphoric ester groups is 1. The Morgan fingerprint density at radius 1 is 0.529 bits per heavy atom. The summed E-state index contributed by atoms with van der Waals surface area (Å²) in [5, 5.41) is 0. The van der Waals surface area contributed by atoms with Crippen molar-refractivity contribution in [1.29, 1.82) is 0 Å². The molecule has 0 bridgehead atoms. The molecule has 4 aromatic rings. The Morgan fingerprint density at radius 3 is 1.26 bits per heavy atom. The molecule has 0 N–H and O–H groups in total. The summed E-state index contributed by atoms with van der Waals surface area (Å²) in [5.74, 6) is 1.97. The number of methoxy groups -OCH3 is 1. The summed E-state index contributed by atoms with van der Waals surface area (Å²) in [5.41, 5.74) is 1.97. The van der Waals surface area contributed by atoms with Gasteiger partial charge in [0.2, 0.25) is 0 Å². The van der Waals surface area contributed by atoms with Gasteiger partial charge in [0, 0.05) is 5.41 Å². The van der Waals surface area contributed by atoms with Crippen LogP contribution in [-0.4, -0.2) is 7.11 Å². The average molecular weight is 474 g/mol. The van der Waals surface area contributed by atoms with E-state index < -0.39 is 7.82 Å². The number of para-hydroxylation sites is 2. The minimum absolute atomic E-state index is 0.254. The zero-order valence-corrected chi connectivity index (χ0v) is 20.3. The summed E-state index contributed by atoms with van der Waals surface area (Å²) >= 11 is 0. The highest BCUT2D eigenvalue weighted by molar-refractivity contribution is 7.49. The summed E-state index contributed by atoms with van der Waals surface area (Å²) in [6, 6.07) is 33.1. The molecule has 0 unspecified atom stereocenters. The van der Waals surface area contributed by atoms with E-state index in [0.717, 1.165) is 16.9 Å². The maximum atomic E-state index is 13.6. The van der Waals surface area contributed by atoms with E-state index in [-0.39, 0.29) is 5.41 Å². The highest BCUT2D eigenvalue weighted by atomic mass is 31.2. The molecule has 4 aromatic carbocycles. The lowest BCUT2D eigenvalue weighted by Crippen LogP contribution is -2.18. The first-order chi connectivity index (χ1) is 16.4. The van der Waals surface area contributed by atoms with Crippen molar-refractivity contribution in [2.45, 2.75) is 19.3 Å². The predicted molar refractivity (Wildman–Crippen MR) is 134 cm³/mol. The molecule has 0 radical (unpaired) electrons. The Hall–Kier alpha value is -3.69.